The first-order chi connectivity index (χ1) is 9.79. The Labute approximate surface area is 123 Å². The maximum Gasteiger partial charge on any atom is 0.433 e. The Hall–Kier alpha value is -2.09. The van der Waals surface area contributed by atoms with Gasteiger partial charge in [0.25, 0.3) is 5.91 Å². The van der Waals surface area contributed by atoms with Crippen LogP contribution < -0.4 is 10.6 Å². The predicted octanol–water partition coefficient (Wildman–Crippen LogP) is 2.90. The van der Waals surface area contributed by atoms with Gasteiger partial charge in [0.1, 0.15) is 11.5 Å². The second-order valence-electron chi connectivity index (χ2n) is 4.37. The molecule has 4 nitrogen and oxygen atoms in total. The lowest BCUT2D eigenvalue weighted by Crippen LogP contribution is -2.24. The van der Waals surface area contributed by atoms with Crippen molar-refractivity contribution in [2.75, 3.05) is 11.9 Å². The number of primary amides is 1. The quantitative estimate of drug-likeness (QED) is 0.944. The molecular formula is C13H12F3N3OS. The lowest BCUT2D eigenvalue weighted by Gasteiger charge is -2.21. The zero-order chi connectivity index (χ0) is 15.6. The van der Waals surface area contributed by atoms with Crippen molar-refractivity contribution in [2.24, 2.45) is 5.73 Å². The lowest BCUT2D eigenvalue weighted by atomic mass is 10.2. The van der Waals surface area contributed by atoms with E-state index in [9.17, 15) is 18.0 Å². The Kier molecular flexibility index (Phi) is 4.17. The van der Waals surface area contributed by atoms with E-state index >= 15 is 0 Å². The first kappa shape index (κ1) is 15.3. The van der Waals surface area contributed by atoms with E-state index in [4.69, 9.17) is 5.73 Å². The molecule has 1 amide bonds. The van der Waals surface area contributed by atoms with E-state index in [1.807, 2.05) is 17.5 Å². The van der Waals surface area contributed by atoms with E-state index in [0.717, 1.165) is 17.0 Å². The van der Waals surface area contributed by atoms with E-state index in [2.05, 4.69) is 4.98 Å². The number of alkyl halides is 3. The number of nitrogens with two attached hydrogens (primary N) is 1. The fraction of sp³-hybridized carbons (Fsp3) is 0.231. The van der Waals surface area contributed by atoms with Gasteiger partial charge >= 0.3 is 6.18 Å². The van der Waals surface area contributed by atoms with Crippen LogP contribution in [0.4, 0.5) is 19.0 Å². The van der Waals surface area contributed by atoms with Crippen LogP contribution >= 0.6 is 11.3 Å². The van der Waals surface area contributed by atoms with Crippen LogP contribution in [-0.2, 0) is 12.7 Å². The monoisotopic (exact) mass is 315 g/mol. The Morgan fingerprint density at radius 1 is 1.38 bits per heavy atom. The zero-order valence-electron chi connectivity index (χ0n) is 11.0. The Balaban J connectivity index is 2.40. The van der Waals surface area contributed by atoms with Gasteiger partial charge < -0.3 is 10.6 Å². The summed E-state index contributed by atoms with van der Waals surface area (Å²) < 4.78 is 38.2. The van der Waals surface area contributed by atoms with Gasteiger partial charge in [-0.2, -0.15) is 13.2 Å². The smallest absolute Gasteiger partial charge is 0.365 e. The molecule has 0 unspecified atom stereocenters. The van der Waals surface area contributed by atoms with Crippen LogP contribution in [0.15, 0.2) is 29.6 Å². The van der Waals surface area contributed by atoms with Crippen LogP contribution in [-0.4, -0.2) is 17.9 Å². The first-order valence-electron chi connectivity index (χ1n) is 5.90. The van der Waals surface area contributed by atoms with Crippen LogP contribution in [0.1, 0.15) is 20.9 Å². The molecule has 0 fully saturated rings. The molecule has 0 aliphatic rings. The molecular weight excluding hydrogens is 303 g/mol. The first-order valence-corrected chi connectivity index (χ1v) is 6.78. The fourth-order valence-corrected chi connectivity index (χ4v) is 2.56. The predicted molar refractivity (Wildman–Crippen MR) is 74.2 cm³/mol. The van der Waals surface area contributed by atoms with Gasteiger partial charge in [-0.15, -0.1) is 11.3 Å². The topological polar surface area (TPSA) is 59.2 Å². The van der Waals surface area contributed by atoms with Gasteiger partial charge in [0, 0.05) is 11.9 Å². The Morgan fingerprint density at radius 3 is 2.62 bits per heavy atom. The molecule has 0 aromatic carbocycles. The number of hydrogen-bond donors (Lipinski definition) is 1. The molecule has 2 aromatic heterocycles. The summed E-state index contributed by atoms with van der Waals surface area (Å²) in [5, 5.41) is 1.86. The molecule has 0 bridgehead atoms. The molecule has 112 valence electrons. The number of pyridine rings is 1. The van der Waals surface area contributed by atoms with Gasteiger partial charge in [-0.1, -0.05) is 6.07 Å². The second-order valence-corrected chi connectivity index (χ2v) is 5.40. The highest BCUT2D eigenvalue weighted by molar-refractivity contribution is 7.09. The molecule has 0 radical (unpaired) electrons. The molecule has 2 aromatic rings. The van der Waals surface area contributed by atoms with Crippen molar-refractivity contribution in [3.05, 3.63) is 45.8 Å². The third kappa shape index (κ3) is 3.52. The second kappa shape index (κ2) is 5.72. The van der Waals surface area contributed by atoms with E-state index in [1.54, 1.807) is 7.05 Å². The van der Waals surface area contributed by atoms with Gasteiger partial charge in [-0.25, -0.2) is 4.98 Å². The minimum Gasteiger partial charge on any atom is -0.365 e. The number of thiophene rings is 1. The van der Waals surface area contributed by atoms with Crippen molar-refractivity contribution in [1.82, 2.24) is 4.98 Å². The van der Waals surface area contributed by atoms with Crippen molar-refractivity contribution in [1.29, 1.82) is 0 Å². The lowest BCUT2D eigenvalue weighted by molar-refractivity contribution is -0.141. The summed E-state index contributed by atoms with van der Waals surface area (Å²) in [5.74, 6) is -0.894. The fourth-order valence-electron chi connectivity index (χ4n) is 1.80. The van der Waals surface area contributed by atoms with Gasteiger partial charge in [-0.05, 0) is 23.6 Å². The summed E-state index contributed by atoms with van der Waals surface area (Å²) in [6.45, 7) is 0.340. The van der Waals surface area contributed by atoms with Crippen molar-refractivity contribution in [2.45, 2.75) is 12.7 Å². The number of carbonyl (C=O) groups excluding carboxylic acids is 1. The average Bonchev–Trinajstić information content (AvgIpc) is 2.89. The molecule has 0 aliphatic carbocycles. The number of anilines is 1. The number of amides is 1. The maximum atomic E-state index is 12.7. The highest BCUT2D eigenvalue weighted by Crippen LogP contribution is 2.30. The third-order valence-electron chi connectivity index (χ3n) is 2.77. The van der Waals surface area contributed by atoms with E-state index in [-0.39, 0.29) is 11.4 Å². The molecule has 0 atom stereocenters. The Bertz CT molecular complexity index is 641. The zero-order valence-corrected chi connectivity index (χ0v) is 11.8. The van der Waals surface area contributed by atoms with Gasteiger partial charge in [0.15, 0.2) is 0 Å². The largest absolute Gasteiger partial charge is 0.433 e. The van der Waals surface area contributed by atoms with E-state index in [1.165, 1.54) is 16.2 Å². The molecule has 0 saturated carbocycles. The van der Waals surface area contributed by atoms with Crippen molar-refractivity contribution >= 4 is 23.1 Å². The minimum atomic E-state index is -4.57. The summed E-state index contributed by atoms with van der Waals surface area (Å²) in [6.07, 6.45) is -4.57. The van der Waals surface area contributed by atoms with Crippen LogP contribution in [0.5, 0.6) is 0 Å². The van der Waals surface area contributed by atoms with Crippen LogP contribution in [0.2, 0.25) is 0 Å². The SMILES string of the molecule is CN(Cc1cccs1)c1nc(C(F)(F)F)ccc1C(N)=O. The summed E-state index contributed by atoms with van der Waals surface area (Å²) in [7, 11) is 1.56. The number of rotatable bonds is 4. The van der Waals surface area contributed by atoms with E-state index < -0.39 is 17.8 Å². The van der Waals surface area contributed by atoms with Crippen molar-refractivity contribution in [3.8, 4) is 0 Å². The number of nitrogens with zero attached hydrogens (tertiary/aromatic N) is 2. The number of halogens is 3. The summed E-state index contributed by atoms with van der Waals surface area (Å²) in [4.78, 5) is 17.3. The maximum absolute atomic E-state index is 12.7. The highest BCUT2D eigenvalue weighted by atomic mass is 32.1. The summed E-state index contributed by atoms with van der Waals surface area (Å²) in [5.41, 5.74) is 4.11. The molecule has 0 aliphatic heterocycles. The molecule has 8 heteroatoms. The molecule has 2 heterocycles. The number of hydrogen-bond acceptors (Lipinski definition) is 4. The summed E-state index contributed by atoms with van der Waals surface area (Å²) >= 11 is 1.46. The molecule has 21 heavy (non-hydrogen) atoms. The highest BCUT2D eigenvalue weighted by Gasteiger charge is 2.33. The van der Waals surface area contributed by atoms with E-state index in [0.29, 0.717) is 6.54 Å². The van der Waals surface area contributed by atoms with Gasteiger partial charge in [0.05, 0.1) is 12.1 Å². The minimum absolute atomic E-state index is 0.0398. The van der Waals surface area contributed by atoms with Crippen molar-refractivity contribution in [3.63, 3.8) is 0 Å². The standard InChI is InChI=1S/C13H12F3N3OS/c1-19(7-8-3-2-6-21-8)12-9(11(17)20)4-5-10(18-12)13(14,15)16/h2-6H,7H2,1H3,(H2,17,20). The summed E-state index contributed by atoms with van der Waals surface area (Å²) in [6, 6.07) is 5.49. The molecule has 0 spiro atoms. The average molecular weight is 315 g/mol. The molecule has 0 saturated heterocycles. The van der Waals surface area contributed by atoms with Gasteiger partial charge in [0.2, 0.25) is 0 Å². The van der Waals surface area contributed by atoms with Crippen LogP contribution in [0, 0.1) is 0 Å². The normalized spacial score (nSPS) is 11.4. The molecule has 2 N–H and O–H groups in total. The number of aromatic nitrogens is 1. The Morgan fingerprint density at radius 2 is 2.10 bits per heavy atom. The van der Waals surface area contributed by atoms with Crippen LogP contribution in [0.3, 0.4) is 0 Å². The third-order valence-corrected chi connectivity index (χ3v) is 3.63. The van der Waals surface area contributed by atoms with Crippen molar-refractivity contribution < 1.29 is 18.0 Å². The molecule has 2 rings (SSSR count). The van der Waals surface area contributed by atoms with Gasteiger partial charge in [-0.3, -0.25) is 4.79 Å². The number of carbonyl (C=O) groups is 1. The van der Waals surface area contributed by atoms with Crippen LogP contribution in [0.25, 0.3) is 0 Å².